The molecule has 1 saturated heterocycles. The third kappa shape index (κ3) is 0.913. The van der Waals surface area contributed by atoms with Gasteiger partial charge in [0, 0.05) is 5.75 Å². The lowest BCUT2D eigenvalue weighted by Crippen LogP contribution is -2.34. The fourth-order valence-electron chi connectivity index (χ4n) is 3.60. The zero-order valence-electron chi connectivity index (χ0n) is 10.4. The van der Waals surface area contributed by atoms with Crippen molar-refractivity contribution in [1.82, 2.24) is 0 Å². The van der Waals surface area contributed by atoms with Crippen molar-refractivity contribution in [3.63, 3.8) is 0 Å². The molecule has 0 amide bonds. The van der Waals surface area contributed by atoms with Crippen LogP contribution in [-0.2, 0) is 4.74 Å². The summed E-state index contributed by atoms with van der Waals surface area (Å²) in [6.45, 7) is 0.497. The summed E-state index contributed by atoms with van der Waals surface area (Å²) in [5.41, 5.74) is 3.78. The van der Waals surface area contributed by atoms with Gasteiger partial charge in [-0.05, 0) is 12.1 Å². The zero-order chi connectivity index (χ0) is 14.0. The zero-order valence-corrected chi connectivity index (χ0v) is 11.2. The van der Waals surface area contributed by atoms with Gasteiger partial charge in [0.15, 0.2) is 10.8 Å². The minimum Gasteiger partial charge on any atom is -0.469 e. The van der Waals surface area contributed by atoms with E-state index in [1.807, 2.05) is 0 Å². The Hall–Kier alpha value is -1.96. The lowest BCUT2D eigenvalue weighted by atomic mass is 9.95. The summed E-state index contributed by atoms with van der Waals surface area (Å²) in [5, 5.41) is 18.4. The Morgan fingerprint density at radius 2 is 2.30 bits per heavy atom. The molecule has 1 aromatic rings. The van der Waals surface area contributed by atoms with Crippen LogP contribution in [0.2, 0.25) is 0 Å². The van der Waals surface area contributed by atoms with E-state index >= 15 is 0 Å². The van der Waals surface area contributed by atoms with E-state index in [0.717, 1.165) is 5.75 Å². The van der Waals surface area contributed by atoms with Gasteiger partial charge in [0.1, 0.15) is 11.6 Å². The summed E-state index contributed by atoms with van der Waals surface area (Å²) in [5.74, 6) is 1.06. The van der Waals surface area contributed by atoms with Gasteiger partial charge in [0.05, 0.1) is 30.9 Å². The summed E-state index contributed by atoms with van der Waals surface area (Å²) in [6.07, 6.45) is 1.53. The Balaban J connectivity index is 1.96. The van der Waals surface area contributed by atoms with Crippen LogP contribution in [-0.4, -0.2) is 23.3 Å². The Morgan fingerprint density at radius 1 is 1.45 bits per heavy atom. The van der Waals surface area contributed by atoms with E-state index in [1.54, 1.807) is 12.1 Å². The van der Waals surface area contributed by atoms with Crippen LogP contribution in [0.4, 0.5) is 0 Å². The molecule has 1 aromatic heterocycles. The van der Waals surface area contributed by atoms with Crippen LogP contribution in [0.1, 0.15) is 11.7 Å². The maximum atomic E-state index is 9.81. The molecule has 1 aliphatic carbocycles. The second kappa shape index (κ2) is 3.38. The van der Waals surface area contributed by atoms with Crippen molar-refractivity contribution < 1.29 is 9.15 Å². The van der Waals surface area contributed by atoms with Gasteiger partial charge in [0.2, 0.25) is 5.06 Å². The average Bonchev–Trinajstić information content (AvgIpc) is 2.93. The quantitative estimate of drug-likeness (QED) is 0.830. The van der Waals surface area contributed by atoms with Crippen molar-refractivity contribution in [2.75, 3.05) is 12.4 Å². The smallest absolute Gasteiger partial charge is 0.230 e. The third-order valence-corrected chi connectivity index (χ3v) is 5.73. The standard InChI is InChI=1S/C13H10N4O2S/c14-6-11-9(8-2-1-3-18-8)12(11,7-15)13(17-10(11)16)19-4-5-20-13/h1-3,9H,4-5H2,(H2,16,17)/t9-,11-,12-,13-/m1/s1. The molecule has 0 unspecified atom stereocenters. The first kappa shape index (κ1) is 11.8. The molecule has 3 aliphatic rings. The second-order valence-electron chi connectivity index (χ2n) is 5.06. The fourth-order valence-corrected chi connectivity index (χ4v) is 4.93. The number of fused-ring (bicyclic) bond motifs is 2. The molecule has 1 spiro atoms. The van der Waals surface area contributed by atoms with Gasteiger partial charge in [0.25, 0.3) is 0 Å². The van der Waals surface area contributed by atoms with Crippen molar-refractivity contribution in [3.05, 3.63) is 24.2 Å². The number of hydrogen-bond acceptors (Lipinski definition) is 7. The van der Waals surface area contributed by atoms with Gasteiger partial charge < -0.3 is 14.9 Å². The number of rotatable bonds is 1. The van der Waals surface area contributed by atoms with Crippen molar-refractivity contribution in [2.45, 2.75) is 11.0 Å². The molecule has 4 atom stereocenters. The molecule has 2 fully saturated rings. The van der Waals surface area contributed by atoms with Crippen molar-refractivity contribution in [2.24, 2.45) is 21.6 Å². The Labute approximate surface area is 119 Å². The van der Waals surface area contributed by atoms with E-state index in [-0.39, 0.29) is 5.84 Å². The van der Waals surface area contributed by atoms with Crippen LogP contribution >= 0.6 is 11.8 Å². The maximum Gasteiger partial charge on any atom is 0.230 e. The number of thioether (sulfide) groups is 1. The molecule has 20 heavy (non-hydrogen) atoms. The second-order valence-corrected chi connectivity index (χ2v) is 6.31. The highest BCUT2D eigenvalue weighted by Gasteiger charge is 2.94. The van der Waals surface area contributed by atoms with Gasteiger partial charge >= 0.3 is 0 Å². The number of nitrogens with zero attached hydrogens (tertiary/aromatic N) is 3. The first-order chi connectivity index (χ1) is 9.68. The SMILES string of the molecule is N#C[C@@]12[C@H](c3ccco3)[C@]1(C#N)C(N)=N[C@@]21OCCS1. The maximum absolute atomic E-state index is 9.81. The van der Waals surface area contributed by atoms with Gasteiger partial charge in [-0.25, -0.2) is 4.99 Å². The van der Waals surface area contributed by atoms with Crippen molar-refractivity contribution >= 4 is 17.6 Å². The minimum absolute atomic E-state index is 0.178. The molecular weight excluding hydrogens is 276 g/mol. The molecule has 0 aromatic carbocycles. The van der Waals surface area contributed by atoms with Crippen LogP contribution in [0.5, 0.6) is 0 Å². The van der Waals surface area contributed by atoms with Crippen LogP contribution in [0.15, 0.2) is 27.8 Å². The lowest BCUT2D eigenvalue weighted by Gasteiger charge is -2.25. The predicted octanol–water partition coefficient (Wildman–Crippen LogP) is 1.18. The van der Waals surface area contributed by atoms with Crippen LogP contribution in [0.25, 0.3) is 0 Å². The molecule has 1 saturated carbocycles. The van der Waals surface area contributed by atoms with Crippen molar-refractivity contribution in [1.29, 1.82) is 10.5 Å². The molecule has 6 nitrogen and oxygen atoms in total. The number of aliphatic imine (C=N–C) groups is 1. The number of hydrogen-bond donors (Lipinski definition) is 1. The Morgan fingerprint density at radius 3 is 2.85 bits per heavy atom. The normalized spacial score (nSPS) is 44.7. The highest BCUT2D eigenvalue weighted by atomic mass is 32.2. The molecule has 7 heteroatoms. The van der Waals surface area contributed by atoms with E-state index in [1.165, 1.54) is 18.0 Å². The van der Waals surface area contributed by atoms with E-state index in [2.05, 4.69) is 17.1 Å². The topological polar surface area (TPSA) is 108 Å². The predicted molar refractivity (Wildman–Crippen MR) is 70.3 cm³/mol. The van der Waals surface area contributed by atoms with Crippen LogP contribution < -0.4 is 5.73 Å². The molecule has 2 N–H and O–H groups in total. The summed E-state index contributed by atoms with van der Waals surface area (Å²) in [7, 11) is 0. The van der Waals surface area contributed by atoms with E-state index in [9.17, 15) is 10.5 Å². The molecule has 3 heterocycles. The lowest BCUT2D eigenvalue weighted by molar-refractivity contribution is 0.0193. The highest BCUT2D eigenvalue weighted by molar-refractivity contribution is 8.00. The number of ether oxygens (including phenoxy) is 1. The van der Waals surface area contributed by atoms with Gasteiger partial charge in [-0.2, -0.15) is 10.5 Å². The first-order valence-corrected chi connectivity index (χ1v) is 7.17. The van der Waals surface area contributed by atoms with E-state index in [4.69, 9.17) is 14.9 Å². The average molecular weight is 286 g/mol. The molecule has 4 rings (SSSR count). The van der Waals surface area contributed by atoms with Gasteiger partial charge in [-0.3, -0.25) is 0 Å². The molecule has 100 valence electrons. The number of nitrogens with two attached hydrogens (primary N) is 1. The van der Waals surface area contributed by atoms with Gasteiger partial charge in [-0.15, -0.1) is 0 Å². The number of amidine groups is 1. The minimum atomic E-state index is -1.14. The Bertz CT molecular complexity index is 695. The number of nitriles is 2. The summed E-state index contributed by atoms with van der Waals surface area (Å²) in [4.78, 5) is 4.34. The molecule has 0 radical (unpaired) electrons. The Kier molecular flexibility index (Phi) is 2.00. The van der Waals surface area contributed by atoms with Crippen LogP contribution in [0.3, 0.4) is 0 Å². The summed E-state index contributed by atoms with van der Waals surface area (Å²) < 4.78 is 11.2. The molecular formula is C13H10N4O2S. The monoisotopic (exact) mass is 286 g/mol. The van der Waals surface area contributed by atoms with E-state index < -0.39 is 21.8 Å². The summed E-state index contributed by atoms with van der Waals surface area (Å²) in [6, 6.07) is 8.00. The molecule has 2 aliphatic heterocycles. The first-order valence-electron chi connectivity index (χ1n) is 6.18. The highest BCUT2D eigenvalue weighted by Crippen LogP contribution is 2.84. The molecule has 0 bridgehead atoms. The van der Waals surface area contributed by atoms with Crippen molar-refractivity contribution in [3.8, 4) is 12.1 Å². The summed E-state index contributed by atoms with van der Waals surface area (Å²) >= 11 is 1.44. The van der Waals surface area contributed by atoms with E-state index in [0.29, 0.717) is 12.4 Å². The van der Waals surface area contributed by atoms with Gasteiger partial charge in [-0.1, -0.05) is 11.8 Å². The van der Waals surface area contributed by atoms with Crippen LogP contribution in [0, 0.1) is 33.5 Å². The third-order valence-electron chi connectivity index (χ3n) is 4.43. The number of furan rings is 1. The fraction of sp³-hybridized carbons (Fsp3) is 0.462. The largest absolute Gasteiger partial charge is 0.469 e.